The summed E-state index contributed by atoms with van der Waals surface area (Å²) in [4.78, 5) is 0. The van der Waals surface area contributed by atoms with E-state index in [1.54, 1.807) is 0 Å². The van der Waals surface area contributed by atoms with E-state index < -0.39 is 0 Å². The van der Waals surface area contributed by atoms with Crippen molar-refractivity contribution in [2.45, 2.75) is 12.8 Å². The fourth-order valence-corrected chi connectivity index (χ4v) is 7.72. The van der Waals surface area contributed by atoms with Gasteiger partial charge in [0, 0.05) is 49.9 Å². The minimum absolute atomic E-state index is 0.621. The summed E-state index contributed by atoms with van der Waals surface area (Å²) in [5, 5.41) is 16.3. The molecule has 0 N–H and O–H groups in total. The zero-order valence-corrected chi connectivity index (χ0v) is 25.4. The van der Waals surface area contributed by atoms with E-state index in [0.717, 1.165) is 79.1 Å². The number of hydrogen-bond donors (Lipinski definition) is 0. The number of aromatic nitrogens is 2. The predicted octanol–water partition coefficient (Wildman–Crippen LogP) is 11.1. The first kappa shape index (κ1) is 26.0. The van der Waals surface area contributed by atoms with Gasteiger partial charge in [-0.25, -0.2) is 0 Å². The van der Waals surface area contributed by atoms with Crippen LogP contribution in [0.15, 0.2) is 138 Å². The van der Waals surface area contributed by atoms with Crippen LogP contribution in [0.5, 0.6) is 0 Å². The van der Waals surface area contributed by atoms with Crippen LogP contribution in [0, 0.1) is 11.3 Å². The van der Waals surface area contributed by atoms with Gasteiger partial charge in [-0.2, -0.15) is 5.26 Å². The predicted molar refractivity (Wildman–Crippen MR) is 192 cm³/mol. The van der Waals surface area contributed by atoms with Crippen LogP contribution in [0.1, 0.15) is 23.2 Å². The zero-order valence-electron chi connectivity index (χ0n) is 25.4. The Morgan fingerprint density at radius 2 is 1.30 bits per heavy atom. The van der Waals surface area contributed by atoms with Gasteiger partial charge in [0.2, 0.25) is 0 Å². The largest absolute Gasteiger partial charge is 0.456 e. The van der Waals surface area contributed by atoms with Crippen molar-refractivity contribution < 1.29 is 4.42 Å². The van der Waals surface area contributed by atoms with E-state index in [4.69, 9.17) is 4.42 Å². The molecular formula is C43H27N3O. The third kappa shape index (κ3) is 3.75. The summed E-state index contributed by atoms with van der Waals surface area (Å²) in [6.45, 7) is 0. The Morgan fingerprint density at radius 3 is 2.13 bits per heavy atom. The van der Waals surface area contributed by atoms with Crippen LogP contribution in [-0.2, 0) is 6.42 Å². The Bertz CT molecular complexity index is 2800. The topological polar surface area (TPSA) is 46.8 Å². The first-order chi connectivity index (χ1) is 23.3. The average Bonchev–Trinajstić information content (AvgIpc) is 3.78. The molecule has 0 fully saturated rings. The molecule has 0 aliphatic heterocycles. The van der Waals surface area contributed by atoms with Gasteiger partial charge in [-0.15, -0.1) is 0 Å². The number of rotatable bonds is 3. The standard InChI is InChI=1S/C43H27N3O/c44-26-29-23-28(27-17-20-30(21-18-27)45-38-13-5-1-9-31(38)32-10-2-6-14-39(32)45)19-22-37(29)46-40-15-7-3-11-33(40)35-24-36-34-12-4-8-16-42(34)47-43(36)25-41(35)46/h1-5,7-13,15-25H,6,14H2. The second-order valence-corrected chi connectivity index (χ2v) is 12.4. The minimum Gasteiger partial charge on any atom is -0.456 e. The van der Waals surface area contributed by atoms with E-state index in [1.165, 1.54) is 22.2 Å². The number of hydrogen-bond acceptors (Lipinski definition) is 2. The molecule has 0 radical (unpaired) electrons. The third-order valence-electron chi connectivity index (χ3n) is 9.84. The molecule has 0 spiro atoms. The number of nitrogens with zero attached hydrogens (tertiary/aromatic N) is 3. The van der Waals surface area contributed by atoms with Gasteiger partial charge in [0.25, 0.3) is 0 Å². The summed E-state index contributed by atoms with van der Waals surface area (Å²) >= 11 is 0. The van der Waals surface area contributed by atoms with E-state index in [2.05, 4.69) is 130 Å². The molecule has 3 aromatic heterocycles. The molecule has 1 aliphatic carbocycles. The van der Waals surface area contributed by atoms with Gasteiger partial charge >= 0.3 is 0 Å². The highest BCUT2D eigenvalue weighted by molar-refractivity contribution is 6.17. The highest BCUT2D eigenvalue weighted by atomic mass is 16.3. The molecule has 220 valence electrons. The van der Waals surface area contributed by atoms with E-state index >= 15 is 0 Å². The van der Waals surface area contributed by atoms with Crippen LogP contribution in [-0.4, -0.2) is 9.13 Å². The molecule has 0 saturated carbocycles. The highest BCUT2D eigenvalue weighted by Crippen LogP contribution is 2.40. The summed E-state index contributed by atoms with van der Waals surface area (Å²) in [7, 11) is 0. The number of furan rings is 1. The van der Waals surface area contributed by atoms with Crippen molar-refractivity contribution >= 4 is 60.7 Å². The van der Waals surface area contributed by atoms with Gasteiger partial charge < -0.3 is 13.6 Å². The zero-order chi connectivity index (χ0) is 31.1. The normalized spacial score (nSPS) is 12.8. The first-order valence-corrected chi connectivity index (χ1v) is 16.1. The minimum atomic E-state index is 0.621. The molecular weight excluding hydrogens is 574 g/mol. The lowest BCUT2D eigenvalue weighted by Gasteiger charge is -2.14. The number of para-hydroxylation sites is 3. The smallest absolute Gasteiger partial charge is 0.137 e. The summed E-state index contributed by atoms with van der Waals surface area (Å²) in [6.07, 6.45) is 6.63. The van der Waals surface area contributed by atoms with Gasteiger partial charge in [0.1, 0.15) is 17.2 Å². The van der Waals surface area contributed by atoms with Crippen LogP contribution in [0.2, 0.25) is 0 Å². The van der Waals surface area contributed by atoms with E-state index in [-0.39, 0.29) is 0 Å². The van der Waals surface area contributed by atoms with Crippen LogP contribution in [0.3, 0.4) is 0 Å². The second-order valence-electron chi connectivity index (χ2n) is 12.4. The van der Waals surface area contributed by atoms with Crippen LogP contribution < -0.4 is 0 Å². The Hall–Kier alpha value is -6.31. The number of benzene rings is 6. The van der Waals surface area contributed by atoms with Crippen molar-refractivity contribution in [2.75, 3.05) is 0 Å². The molecule has 0 bridgehead atoms. The van der Waals surface area contributed by atoms with Crippen LogP contribution in [0.25, 0.3) is 83.2 Å². The van der Waals surface area contributed by atoms with Crippen LogP contribution in [0.4, 0.5) is 0 Å². The van der Waals surface area contributed by atoms with Crippen molar-refractivity contribution in [3.8, 4) is 28.6 Å². The lowest BCUT2D eigenvalue weighted by Crippen LogP contribution is -2.02. The number of fused-ring (bicyclic) bond motifs is 9. The maximum atomic E-state index is 10.5. The average molecular weight is 602 g/mol. The molecule has 47 heavy (non-hydrogen) atoms. The van der Waals surface area contributed by atoms with Crippen molar-refractivity contribution in [1.82, 2.24) is 9.13 Å². The summed E-state index contributed by atoms with van der Waals surface area (Å²) in [5.74, 6) is 0. The number of nitriles is 1. The molecule has 9 aromatic rings. The SMILES string of the molecule is N#Cc1cc(-c2ccc(-n3c4c(c5ccccc53)C=CCC4)cc2)ccc1-n1c2ccccc2c2cc3c(cc21)oc1ccccc13. The van der Waals surface area contributed by atoms with Gasteiger partial charge in [-0.3, -0.25) is 0 Å². The van der Waals surface area contributed by atoms with Crippen molar-refractivity contribution in [3.63, 3.8) is 0 Å². The molecule has 1 aliphatic rings. The molecule has 0 saturated heterocycles. The van der Waals surface area contributed by atoms with Crippen LogP contribution >= 0.6 is 0 Å². The fourth-order valence-electron chi connectivity index (χ4n) is 7.72. The summed E-state index contributed by atoms with van der Waals surface area (Å²) in [5.41, 5.74) is 12.4. The summed E-state index contributed by atoms with van der Waals surface area (Å²) < 4.78 is 10.9. The molecule has 4 nitrogen and oxygen atoms in total. The Labute approximate surface area is 270 Å². The molecule has 0 unspecified atom stereocenters. The Kier molecular flexibility index (Phi) is 5.44. The van der Waals surface area contributed by atoms with Crippen molar-refractivity contribution in [1.29, 1.82) is 5.26 Å². The molecule has 10 rings (SSSR count). The Morgan fingerprint density at radius 1 is 0.574 bits per heavy atom. The maximum Gasteiger partial charge on any atom is 0.137 e. The van der Waals surface area contributed by atoms with E-state index in [9.17, 15) is 5.26 Å². The number of allylic oxidation sites excluding steroid dienone is 1. The van der Waals surface area contributed by atoms with E-state index in [1.807, 2.05) is 24.3 Å². The van der Waals surface area contributed by atoms with Gasteiger partial charge in [0.05, 0.1) is 27.8 Å². The van der Waals surface area contributed by atoms with Crippen molar-refractivity contribution in [3.05, 3.63) is 150 Å². The Balaban J connectivity index is 1.10. The monoisotopic (exact) mass is 601 g/mol. The summed E-state index contributed by atoms with van der Waals surface area (Å²) in [6, 6.07) is 47.1. The third-order valence-corrected chi connectivity index (χ3v) is 9.84. The molecule has 0 amide bonds. The lowest BCUT2D eigenvalue weighted by molar-refractivity contribution is 0.669. The quantitative estimate of drug-likeness (QED) is 0.202. The molecule has 6 aromatic carbocycles. The van der Waals surface area contributed by atoms with E-state index in [0.29, 0.717) is 5.56 Å². The van der Waals surface area contributed by atoms with Crippen molar-refractivity contribution in [2.24, 2.45) is 0 Å². The highest BCUT2D eigenvalue weighted by Gasteiger charge is 2.20. The van der Waals surface area contributed by atoms with Gasteiger partial charge in [-0.05, 0) is 72.5 Å². The molecule has 4 heteroatoms. The fraction of sp³-hybridized carbons (Fsp3) is 0.0465. The maximum absolute atomic E-state index is 10.5. The lowest BCUT2D eigenvalue weighted by atomic mass is 10.0. The van der Waals surface area contributed by atoms with Gasteiger partial charge in [0.15, 0.2) is 0 Å². The molecule has 3 heterocycles. The second kappa shape index (κ2) is 9.84. The molecule has 0 atom stereocenters. The first-order valence-electron chi connectivity index (χ1n) is 16.1. The van der Waals surface area contributed by atoms with Gasteiger partial charge in [-0.1, -0.05) is 84.9 Å².